The molecule has 0 unspecified atom stereocenters. The number of hydrogen-bond acceptors (Lipinski definition) is 7. The number of aromatic nitrogens is 5. The van der Waals surface area contributed by atoms with Crippen molar-refractivity contribution in [1.29, 1.82) is 0 Å². The van der Waals surface area contributed by atoms with E-state index in [0.717, 1.165) is 0 Å². The van der Waals surface area contributed by atoms with Gasteiger partial charge in [-0.1, -0.05) is 6.42 Å². The van der Waals surface area contributed by atoms with Crippen molar-refractivity contribution in [2.45, 2.75) is 43.9 Å². The standard InChI is InChI=1S/C15H14F2N6O.C5H11N/c1-24-11-2-13-20-6-10(9-5-19-7-12(18)21-9)23(13)22-14(11)8-3-15(16,17)4-8;1-2-4-6-5-3-1/h2,5-8H,3-4H2,1H3,(H2,18,21);6H,1-5H2. The SMILES string of the molecule is C1CCNCC1.COc1cc2ncc(-c3cncc(N)n3)n2nc1C1CC(F)(F)C1. The third kappa shape index (κ3) is 4.33. The molecule has 3 N–H and O–H groups in total. The zero-order valence-electron chi connectivity index (χ0n) is 16.8. The van der Waals surface area contributed by atoms with Crippen molar-refractivity contribution < 1.29 is 13.5 Å². The summed E-state index contributed by atoms with van der Waals surface area (Å²) < 4.78 is 33.3. The molecule has 1 saturated heterocycles. The van der Waals surface area contributed by atoms with Gasteiger partial charge in [-0.3, -0.25) is 4.98 Å². The van der Waals surface area contributed by atoms with Gasteiger partial charge in [0.2, 0.25) is 5.92 Å². The number of fused-ring (bicyclic) bond motifs is 1. The Morgan fingerprint density at radius 3 is 2.50 bits per heavy atom. The first-order valence-electron chi connectivity index (χ1n) is 10.1. The Morgan fingerprint density at radius 1 is 1.17 bits per heavy atom. The lowest BCUT2D eigenvalue weighted by molar-refractivity contribution is -0.0881. The summed E-state index contributed by atoms with van der Waals surface area (Å²) in [6, 6.07) is 1.68. The zero-order valence-corrected chi connectivity index (χ0v) is 16.8. The number of anilines is 1. The molecule has 0 aromatic carbocycles. The van der Waals surface area contributed by atoms with E-state index in [9.17, 15) is 8.78 Å². The molecule has 8 nitrogen and oxygen atoms in total. The van der Waals surface area contributed by atoms with Crippen LogP contribution >= 0.6 is 0 Å². The second-order valence-electron chi connectivity index (χ2n) is 7.61. The van der Waals surface area contributed by atoms with Crippen LogP contribution in [-0.4, -0.2) is 50.7 Å². The molecular weight excluding hydrogens is 392 g/mol. The van der Waals surface area contributed by atoms with Crippen LogP contribution in [0.2, 0.25) is 0 Å². The fraction of sp³-hybridized carbons (Fsp3) is 0.500. The first-order valence-corrected chi connectivity index (χ1v) is 10.1. The minimum Gasteiger partial charge on any atom is -0.495 e. The van der Waals surface area contributed by atoms with Gasteiger partial charge in [0.15, 0.2) is 5.65 Å². The maximum Gasteiger partial charge on any atom is 0.249 e. The van der Waals surface area contributed by atoms with Gasteiger partial charge in [-0.15, -0.1) is 0 Å². The molecule has 3 aromatic rings. The number of rotatable bonds is 3. The number of nitrogens with two attached hydrogens (primary N) is 1. The first kappa shape index (κ1) is 20.4. The van der Waals surface area contributed by atoms with E-state index in [2.05, 4.69) is 25.4 Å². The normalized spacial score (nSPS) is 18.4. The topological polar surface area (TPSA) is 103 Å². The summed E-state index contributed by atoms with van der Waals surface area (Å²) in [6.45, 7) is 2.50. The number of nitrogens with zero attached hydrogens (tertiary/aromatic N) is 5. The fourth-order valence-electron chi connectivity index (χ4n) is 3.69. The highest BCUT2D eigenvalue weighted by molar-refractivity contribution is 5.61. The van der Waals surface area contributed by atoms with Crippen LogP contribution in [0, 0.1) is 0 Å². The average molecular weight is 417 g/mol. The van der Waals surface area contributed by atoms with Gasteiger partial charge < -0.3 is 15.8 Å². The van der Waals surface area contributed by atoms with Crippen LogP contribution < -0.4 is 15.8 Å². The molecule has 2 fully saturated rings. The number of nitrogen functional groups attached to an aromatic ring is 1. The third-order valence-electron chi connectivity index (χ3n) is 5.30. The van der Waals surface area contributed by atoms with Gasteiger partial charge in [-0.2, -0.15) is 5.10 Å². The Labute approximate surface area is 172 Å². The van der Waals surface area contributed by atoms with Gasteiger partial charge in [0.05, 0.1) is 25.7 Å². The fourth-order valence-corrected chi connectivity index (χ4v) is 3.69. The highest BCUT2D eigenvalue weighted by Crippen LogP contribution is 2.49. The third-order valence-corrected chi connectivity index (χ3v) is 5.30. The lowest BCUT2D eigenvalue weighted by Crippen LogP contribution is -2.34. The maximum atomic E-state index is 13.2. The number of nitrogens with one attached hydrogen (secondary N) is 1. The Balaban J connectivity index is 0.000000313. The van der Waals surface area contributed by atoms with E-state index in [-0.39, 0.29) is 24.6 Å². The van der Waals surface area contributed by atoms with E-state index >= 15 is 0 Å². The number of ether oxygens (including phenoxy) is 1. The van der Waals surface area contributed by atoms with Gasteiger partial charge in [-0.05, 0) is 25.9 Å². The quantitative estimate of drug-likeness (QED) is 0.675. The van der Waals surface area contributed by atoms with E-state index in [1.807, 2.05) is 0 Å². The number of imidazole rings is 1. The minimum absolute atomic E-state index is 0.232. The van der Waals surface area contributed by atoms with Crippen LogP contribution in [0.25, 0.3) is 17.0 Å². The summed E-state index contributed by atoms with van der Waals surface area (Å²) >= 11 is 0. The summed E-state index contributed by atoms with van der Waals surface area (Å²) in [4.78, 5) is 12.5. The van der Waals surface area contributed by atoms with Crippen molar-refractivity contribution >= 4 is 11.5 Å². The summed E-state index contributed by atoms with van der Waals surface area (Å²) in [6.07, 6.45) is 8.32. The highest BCUT2D eigenvalue weighted by Gasteiger charge is 2.47. The lowest BCUT2D eigenvalue weighted by atomic mass is 9.79. The molecule has 5 rings (SSSR count). The largest absolute Gasteiger partial charge is 0.495 e. The Morgan fingerprint density at radius 2 is 1.93 bits per heavy atom. The molecule has 2 aliphatic rings. The predicted octanol–water partition coefficient (Wildman–Crippen LogP) is 3.05. The Kier molecular flexibility index (Phi) is 5.76. The van der Waals surface area contributed by atoms with Crippen LogP contribution in [0.1, 0.15) is 43.7 Å². The predicted molar refractivity (Wildman–Crippen MR) is 109 cm³/mol. The number of piperidine rings is 1. The first-order chi connectivity index (χ1) is 14.5. The summed E-state index contributed by atoms with van der Waals surface area (Å²) in [5.41, 5.74) is 7.78. The van der Waals surface area contributed by atoms with Crippen LogP contribution in [0.5, 0.6) is 5.75 Å². The van der Waals surface area contributed by atoms with Gasteiger partial charge >= 0.3 is 0 Å². The molecule has 1 saturated carbocycles. The molecule has 160 valence electrons. The Hall–Kier alpha value is -2.88. The van der Waals surface area contributed by atoms with Gasteiger partial charge in [0.1, 0.15) is 28.6 Å². The van der Waals surface area contributed by atoms with Crippen LogP contribution in [0.4, 0.5) is 14.6 Å². The van der Waals surface area contributed by atoms with Crippen LogP contribution in [0.15, 0.2) is 24.7 Å². The molecular formula is C20H25F2N7O. The number of methoxy groups -OCH3 is 1. The Bertz CT molecular complexity index is 1000. The van der Waals surface area contributed by atoms with Gasteiger partial charge in [-0.25, -0.2) is 23.3 Å². The lowest BCUT2D eigenvalue weighted by Gasteiger charge is -2.34. The highest BCUT2D eigenvalue weighted by atomic mass is 19.3. The molecule has 4 heterocycles. The summed E-state index contributed by atoms with van der Waals surface area (Å²) in [5.74, 6) is -2.25. The second-order valence-corrected chi connectivity index (χ2v) is 7.61. The molecule has 1 aliphatic heterocycles. The number of alkyl halides is 2. The van der Waals surface area contributed by atoms with E-state index in [1.54, 1.807) is 23.0 Å². The maximum absolute atomic E-state index is 13.2. The molecule has 0 atom stereocenters. The van der Waals surface area contributed by atoms with Crippen molar-refractivity contribution in [3.63, 3.8) is 0 Å². The number of hydrogen-bond donors (Lipinski definition) is 2. The van der Waals surface area contributed by atoms with E-state index in [0.29, 0.717) is 28.5 Å². The second kappa shape index (κ2) is 8.47. The smallest absolute Gasteiger partial charge is 0.249 e. The molecule has 0 amide bonds. The average Bonchev–Trinajstić information content (AvgIpc) is 3.15. The minimum atomic E-state index is -2.64. The van der Waals surface area contributed by atoms with E-state index < -0.39 is 5.92 Å². The molecule has 0 bridgehead atoms. The molecule has 0 spiro atoms. The molecule has 10 heteroatoms. The molecule has 30 heavy (non-hydrogen) atoms. The van der Waals surface area contributed by atoms with Gasteiger partial charge in [0, 0.05) is 24.8 Å². The van der Waals surface area contributed by atoms with Crippen molar-refractivity contribution in [1.82, 2.24) is 29.9 Å². The number of halogens is 2. The summed E-state index contributed by atoms with van der Waals surface area (Å²) in [7, 11) is 1.49. The van der Waals surface area contributed by atoms with Crippen LogP contribution in [0.3, 0.4) is 0 Å². The molecule has 0 radical (unpaired) electrons. The van der Waals surface area contributed by atoms with Crippen molar-refractivity contribution in [2.75, 3.05) is 25.9 Å². The molecule has 3 aromatic heterocycles. The van der Waals surface area contributed by atoms with Crippen molar-refractivity contribution in [3.8, 4) is 17.1 Å². The van der Waals surface area contributed by atoms with E-state index in [1.165, 1.54) is 45.7 Å². The zero-order chi connectivity index (χ0) is 21.1. The van der Waals surface area contributed by atoms with Gasteiger partial charge in [0.25, 0.3) is 0 Å². The monoisotopic (exact) mass is 417 g/mol. The van der Waals surface area contributed by atoms with Crippen molar-refractivity contribution in [3.05, 3.63) is 30.4 Å². The molecule has 1 aliphatic carbocycles. The summed E-state index contributed by atoms with van der Waals surface area (Å²) in [5, 5.41) is 7.77. The van der Waals surface area contributed by atoms with Crippen LogP contribution in [-0.2, 0) is 0 Å². The van der Waals surface area contributed by atoms with E-state index in [4.69, 9.17) is 10.5 Å². The van der Waals surface area contributed by atoms with Crippen molar-refractivity contribution in [2.24, 2.45) is 0 Å².